The van der Waals surface area contributed by atoms with Crippen LogP contribution in [-0.4, -0.2) is 31.5 Å². The number of aryl methyl sites for hydroxylation is 1. The zero-order valence-electron chi connectivity index (χ0n) is 15.9. The van der Waals surface area contributed by atoms with Gasteiger partial charge in [0, 0.05) is 11.9 Å². The second kappa shape index (κ2) is 6.56. The molecule has 0 radical (unpaired) electrons. The Balaban J connectivity index is 1.73. The molecule has 142 valence electrons. The van der Waals surface area contributed by atoms with Crippen molar-refractivity contribution in [2.24, 2.45) is 0 Å². The Labute approximate surface area is 165 Å². The monoisotopic (exact) mass is 383 g/mol. The molecule has 0 atom stereocenters. The number of hydrogen-bond donors (Lipinski definition) is 0. The summed E-state index contributed by atoms with van der Waals surface area (Å²) in [6, 6.07) is 19.0. The lowest BCUT2D eigenvalue weighted by atomic mass is 10.1. The quantitative estimate of drug-likeness (QED) is 0.477. The Morgan fingerprint density at radius 2 is 1.69 bits per heavy atom. The number of methoxy groups -OCH3 is 1. The smallest absolute Gasteiger partial charge is 0.285 e. The molecule has 0 N–H and O–H groups in total. The molecule has 0 aliphatic heterocycles. The van der Waals surface area contributed by atoms with Gasteiger partial charge in [-0.3, -0.25) is 9.36 Å². The Bertz CT molecular complexity index is 1400. The summed E-state index contributed by atoms with van der Waals surface area (Å²) in [5.74, 6) is 0.726. The molecular weight excluding hydrogens is 366 g/mol. The van der Waals surface area contributed by atoms with Crippen molar-refractivity contribution in [3.8, 4) is 22.6 Å². The fraction of sp³-hybridized carbons (Fsp3) is 0.0909. The van der Waals surface area contributed by atoms with E-state index in [0.29, 0.717) is 11.2 Å². The average Bonchev–Trinajstić information content (AvgIpc) is 3.11. The van der Waals surface area contributed by atoms with Crippen LogP contribution in [0.5, 0.6) is 5.75 Å². The molecular formula is C22H17N5O2. The van der Waals surface area contributed by atoms with Gasteiger partial charge in [-0.1, -0.05) is 30.3 Å². The minimum Gasteiger partial charge on any atom is -0.497 e. The molecule has 3 heterocycles. The predicted molar refractivity (Wildman–Crippen MR) is 111 cm³/mol. The first-order valence-electron chi connectivity index (χ1n) is 9.14. The maximum Gasteiger partial charge on any atom is 0.285 e. The van der Waals surface area contributed by atoms with Gasteiger partial charge in [-0.25, -0.2) is 4.52 Å². The molecule has 3 aromatic heterocycles. The summed E-state index contributed by atoms with van der Waals surface area (Å²) in [5.41, 5.74) is 4.74. The molecule has 7 nitrogen and oxygen atoms in total. The number of aromatic nitrogens is 5. The molecule has 0 aliphatic carbocycles. The van der Waals surface area contributed by atoms with Gasteiger partial charge in [-0.05, 0) is 42.8 Å². The summed E-state index contributed by atoms with van der Waals surface area (Å²) in [6.07, 6.45) is 1.73. The van der Waals surface area contributed by atoms with Gasteiger partial charge >= 0.3 is 0 Å². The third kappa shape index (κ3) is 2.67. The van der Waals surface area contributed by atoms with E-state index in [0.717, 1.165) is 28.3 Å². The van der Waals surface area contributed by atoms with Crippen molar-refractivity contribution in [1.29, 1.82) is 0 Å². The lowest BCUT2D eigenvalue weighted by molar-refractivity contribution is 0.414. The Hall–Kier alpha value is -4.00. The average molecular weight is 383 g/mol. The third-order valence-corrected chi connectivity index (χ3v) is 4.97. The van der Waals surface area contributed by atoms with Crippen LogP contribution in [0.15, 0.2) is 71.7 Å². The third-order valence-electron chi connectivity index (χ3n) is 4.97. The summed E-state index contributed by atoms with van der Waals surface area (Å²) in [7, 11) is 1.60. The van der Waals surface area contributed by atoms with Gasteiger partial charge in [0.15, 0.2) is 11.2 Å². The zero-order valence-corrected chi connectivity index (χ0v) is 15.9. The molecule has 0 saturated carbocycles. The summed E-state index contributed by atoms with van der Waals surface area (Å²) in [4.78, 5) is 13.1. The maximum atomic E-state index is 13.1. The molecule has 7 heteroatoms. The normalized spacial score (nSPS) is 11.2. The fourth-order valence-electron chi connectivity index (χ4n) is 3.54. The molecule has 29 heavy (non-hydrogen) atoms. The fourth-order valence-corrected chi connectivity index (χ4v) is 3.54. The molecule has 5 rings (SSSR count). The Morgan fingerprint density at radius 1 is 0.931 bits per heavy atom. The van der Waals surface area contributed by atoms with Crippen LogP contribution in [0.4, 0.5) is 0 Å². The molecule has 0 aliphatic rings. The summed E-state index contributed by atoms with van der Waals surface area (Å²) < 4.78 is 8.42. The van der Waals surface area contributed by atoms with Gasteiger partial charge in [0.1, 0.15) is 11.3 Å². The van der Waals surface area contributed by atoms with E-state index in [1.165, 1.54) is 4.57 Å². The molecule has 0 saturated heterocycles. The van der Waals surface area contributed by atoms with Crippen LogP contribution in [0.3, 0.4) is 0 Å². The number of nitrogens with zero attached hydrogens (tertiary/aromatic N) is 5. The number of hydrogen-bond acceptors (Lipinski definition) is 5. The van der Waals surface area contributed by atoms with E-state index < -0.39 is 0 Å². The van der Waals surface area contributed by atoms with Crippen molar-refractivity contribution in [3.63, 3.8) is 0 Å². The van der Waals surface area contributed by atoms with Gasteiger partial charge < -0.3 is 4.74 Å². The van der Waals surface area contributed by atoms with Crippen molar-refractivity contribution >= 4 is 16.7 Å². The first-order valence-corrected chi connectivity index (χ1v) is 9.14. The molecule has 0 bridgehead atoms. The topological polar surface area (TPSA) is 74.3 Å². The first-order chi connectivity index (χ1) is 14.2. The van der Waals surface area contributed by atoms with Gasteiger partial charge in [0.05, 0.1) is 18.4 Å². The number of fused-ring (bicyclic) bond motifs is 3. The first kappa shape index (κ1) is 17.1. The highest BCUT2D eigenvalue weighted by Gasteiger charge is 2.17. The van der Waals surface area contributed by atoms with Gasteiger partial charge in [0.2, 0.25) is 0 Å². The minimum absolute atomic E-state index is 0.253. The van der Waals surface area contributed by atoms with Crippen molar-refractivity contribution < 1.29 is 4.74 Å². The summed E-state index contributed by atoms with van der Waals surface area (Å²) in [6.45, 7) is 1.93. The van der Waals surface area contributed by atoms with Crippen molar-refractivity contribution in [1.82, 2.24) is 24.4 Å². The van der Waals surface area contributed by atoms with Crippen molar-refractivity contribution in [2.75, 3.05) is 7.11 Å². The second-order valence-electron chi connectivity index (χ2n) is 6.68. The van der Waals surface area contributed by atoms with E-state index >= 15 is 0 Å². The van der Waals surface area contributed by atoms with Gasteiger partial charge in [-0.2, -0.15) is 5.10 Å². The van der Waals surface area contributed by atoms with Crippen LogP contribution < -0.4 is 10.3 Å². The summed E-state index contributed by atoms with van der Waals surface area (Å²) in [5, 5.41) is 13.2. The largest absolute Gasteiger partial charge is 0.497 e. The van der Waals surface area contributed by atoms with Crippen LogP contribution in [0.2, 0.25) is 0 Å². The molecule has 5 aromatic rings. The Kier molecular flexibility index (Phi) is 3.87. The Morgan fingerprint density at radius 3 is 2.41 bits per heavy atom. The van der Waals surface area contributed by atoms with Crippen LogP contribution in [-0.2, 0) is 0 Å². The van der Waals surface area contributed by atoms with Crippen molar-refractivity contribution in [3.05, 3.63) is 82.9 Å². The standard InChI is InChI=1S/C22H17N5O2/c1-14-19(15-6-4-3-5-7-15)21-24-23-20-18(27(21)25-14)12-13-26(22(20)28)16-8-10-17(29-2)11-9-16/h3-13H,1-2H3. The van der Waals surface area contributed by atoms with Crippen LogP contribution >= 0.6 is 0 Å². The highest BCUT2D eigenvalue weighted by atomic mass is 16.5. The van der Waals surface area contributed by atoms with Crippen LogP contribution in [0, 0.1) is 6.92 Å². The lowest BCUT2D eigenvalue weighted by Gasteiger charge is -2.08. The van der Waals surface area contributed by atoms with Crippen molar-refractivity contribution in [2.45, 2.75) is 6.92 Å². The number of ether oxygens (including phenoxy) is 1. The van der Waals surface area contributed by atoms with E-state index in [1.807, 2.05) is 67.6 Å². The number of pyridine rings is 1. The maximum absolute atomic E-state index is 13.1. The van der Waals surface area contributed by atoms with E-state index in [2.05, 4.69) is 15.3 Å². The zero-order chi connectivity index (χ0) is 20.0. The number of rotatable bonds is 3. The van der Waals surface area contributed by atoms with Crippen LogP contribution in [0.1, 0.15) is 5.69 Å². The molecule has 2 aromatic carbocycles. The number of benzene rings is 2. The van der Waals surface area contributed by atoms with E-state index in [4.69, 9.17) is 4.74 Å². The summed E-state index contributed by atoms with van der Waals surface area (Å²) >= 11 is 0. The van der Waals surface area contributed by atoms with Gasteiger partial charge in [0.25, 0.3) is 5.56 Å². The minimum atomic E-state index is -0.253. The van der Waals surface area contributed by atoms with E-state index in [9.17, 15) is 4.79 Å². The van der Waals surface area contributed by atoms with Gasteiger partial charge in [-0.15, -0.1) is 10.2 Å². The molecule has 0 spiro atoms. The lowest BCUT2D eigenvalue weighted by Crippen LogP contribution is -2.20. The predicted octanol–water partition coefficient (Wildman–Crippen LogP) is 3.41. The van der Waals surface area contributed by atoms with E-state index in [-0.39, 0.29) is 11.1 Å². The highest BCUT2D eigenvalue weighted by molar-refractivity contribution is 5.84. The SMILES string of the molecule is COc1ccc(-n2ccc3c(nnc4c(-c5ccccc5)c(C)nn43)c2=O)cc1. The molecule has 0 fully saturated rings. The second-order valence-corrected chi connectivity index (χ2v) is 6.68. The highest BCUT2D eigenvalue weighted by Crippen LogP contribution is 2.27. The van der Waals surface area contributed by atoms with Crippen LogP contribution in [0.25, 0.3) is 33.5 Å². The molecule has 0 amide bonds. The molecule has 0 unspecified atom stereocenters. The van der Waals surface area contributed by atoms with E-state index in [1.54, 1.807) is 17.8 Å².